The number of hydrogen-bond donors (Lipinski definition) is 3. The third kappa shape index (κ3) is 7.00. The molecule has 7 nitrogen and oxygen atoms in total. The Labute approximate surface area is 264 Å². The Bertz CT molecular complexity index is 1500. The minimum atomic E-state index is -0.582. The Morgan fingerprint density at radius 1 is 0.889 bits per heavy atom. The molecule has 45 heavy (non-hydrogen) atoms. The molecule has 3 aromatic rings. The van der Waals surface area contributed by atoms with Crippen LogP contribution < -0.4 is 20.9 Å². The lowest BCUT2D eigenvalue weighted by atomic mass is 9.99. The molecule has 0 saturated carbocycles. The molecule has 7 rings (SSSR count). The number of nitrogens with zero attached hydrogens (tertiary/aromatic N) is 2. The predicted octanol–water partition coefficient (Wildman–Crippen LogP) is 5.74. The van der Waals surface area contributed by atoms with Crippen LogP contribution in [0.3, 0.4) is 0 Å². The van der Waals surface area contributed by atoms with E-state index >= 15 is 0 Å². The number of carbonyl (C=O) groups is 1. The van der Waals surface area contributed by atoms with Crippen LogP contribution in [-0.2, 0) is 17.7 Å². The van der Waals surface area contributed by atoms with Crippen LogP contribution >= 0.6 is 0 Å². The summed E-state index contributed by atoms with van der Waals surface area (Å²) in [5.74, 6) is -1.31. The molecule has 1 amide bonds. The Morgan fingerprint density at radius 2 is 1.69 bits per heavy atom. The molecule has 0 radical (unpaired) electrons. The van der Waals surface area contributed by atoms with Gasteiger partial charge in [0.05, 0.1) is 5.56 Å². The fraction of sp³-hybridized carbons (Fsp3) is 0.472. The van der Waals surface area contributed by atoms with Crippen LogP contribution in [0.25, 0.3) is 0 Å². The smallest absolute Gasteiger partial charge is 0.254 e. The Morgan fingerprint density at radius 3 is 2.49 bits per heavy atom. The second kappa shape index (κ2) is 13.4. The van der Waals surface area contributed by atoms with E-state index in [2.05, 4.69) is 37.9 Å². The van der Waals surface area contributed by atoms with Crippen LogP contribution in [-0.4, -0.2) is 62.3 Å². The highest BCUT2D eigenvalue weighted by Gasteiger charge is 2.30. The zero-order chi connectivity index (χ0) is 30.8. The third-order valence-electron chi connectivity index (χ3n) is 9.83. The van der Waals surface area contributed by atoms with Crippen LogP contribution in [0.15, 0.2) is 54.6 Å². The molecule has 0 bridgehead atoms. The van der Waals surface area contributed by atoms with Crippen molar-refractivity contribution >= 4 is 17.3 Å². The number of hydrogen-bond acceptors (Lipinski definition) is 6. The second-order valence-corrected chi connectivity index (χ2v) is 13.0. The molecule has 1 unspecified atom stereocenters. The fourth-order valence-electron chi connectivity index (χ4n) is 7.51. The van der Waals surface area contributed by atoms with Crippen molar-refractivity contribution in [3.05, 3.63) is 94.0 Å². The van der Waals surface area contributed by atoms with Crippen molar-refractivity contribution in [1.82, 2.24) is 15.5 Å². The highest BCUT2D eigenvalue weighted by atomic mass is 19.1. The van der Waals surface area contributed by atoms with E-state index < -0.39 is 11.6 Å². The maximum Gasteiger partial charge on any atom is 0.254 e. The van der Waals surface area contributed by atoms with Crippen LogP contribution in [0.4, 0.5) is 20.2 Å². The molecule has 0 spiro atoms. The lowest BCUT2D eigenvalue weighted by molar-refractivity contribution is 0.0903. The summed E-state index contributed by atoms with van der Waals surface area (Å²) in [7, 11) is 0. The molecule has 0 aliphatic carbocycles. The largest absolute Gasteiger partial charge is 0.381 e. The number of rotatable bonds is 9. The first kappa shape index (κ1) is 30.1. The monoisotopic (exact) mass is 615 g/mol. The Kier molecular flexibility index (Phi) is 9.01. The van der Waals surface area contributed by atoms with Crippen molar-refractivity contribution in [3.8, 4) is 0 Å². The molecule has 3 saturated heterocycles. The van der Waals surface area contributed by atoms with Gasteiger partial charge in [-0.3, -0.25) is 10.1 Å². The molecular weight excluding hydrogens is 572 g/mol. The summed E-state index contributed by atoms with van der Waals surface area (Å²) in [4.78, 5) is 19.1. The molecule has 2 atom stereocenters. The van der Waals surface area contributed by atoms with E-state index in [1.54, 1.807) is 0 Å². The minimum absolute atomic E-state index is 0.144. The predicted molar refractivity (Wildman–Crippen MR) is 173 cm³/mol. The highest BCUT2D eigenvalue weighted by molar-refractivity contribution is 6.00. The summed E-state index contributed by atoms with van der Waals surface area (Å²) in [5, 5.41) is 10.4. The van der Waals surface area contributed by atoms with Gasteiger partial charge in [-0.25, -0.2) is 8.78 Å². The normalized spacial score (nSPS) is 22.1. The van der Waals surface area contributed by atoms with Gasteiger partial charge in [-0.1, -0.05) is 18.2 Å². The molecule has 0 aromatic heterocycles. The van der Waals surface area contributed by atoms with Crippen molar-refractivity contribution in [1.29, 1.82) is 0 Å². The summed E-state index contributed by atoms with van der Waals surface area (Å²) in [6.07, 6.45) is 6.82. The van der Waals surface area contributed by atoms with Crippen molar-refractivity contribution in [3.63, 3.8) is 0 Å². The first-order valence-corrected chi connectivity index (χ1v) is 16.6. The molecule has 4 heterocycles. The zero-order valence-electron chi connectivity index (χ0n) is 25.8. The molecule has 4 aliphatic rings. The van der Waals surface area contributed by atoms with Gasteiger partial charge >= 0.3 is 0 Å². The van der Waals surface area contributed by atoms with Gasteiger partial charge in [0, 0.05) is 62.4 Å². The number of halogens is 2. The van der Waals surface area contributed by atoms with E-state index in [-0.39, 0.29) is 18.1 Å². The molecule has 3 N–H and O–H groups in total. The van der Waals surface area contributed by atoms with Gasteiger partial charge < -0.3 is 25.2 Å². The number of fused-ring (bicyclic) bond motifs is 1. The van der Waals surface area contributed by atoms with Crippen LogP contribution in [0.5, 0.6) is 0 Å². The number of anilines is 2. The van der Waals surface area contributed by atoms with Crippen LogP contribution in [0.1, 0.15) is 77.3 Å². The average molecular weight is 616 g/mol. The number of ether oxygens (including phenoxy) is 1. The summed E-state index contributed by atoms with van der Waals surface area (Å²) >= 11 is 0. The summed E-state index contributed by atoms with van der Waals surface area (Å²) < 4.78 is 33.2. The van der Waals surface area contributed by atoms with Gasteiger partial charge in [-0.05, 0) is 111 Å². The van der Waals surface area contributed by atoms with E-state index in [9.17, 15) is 13.6 Å². The van der Waals surface area contributed by atoms with Crippen LogP contribution in [0, 0.1) is 11.6 Å². The van der Waals surface area contributed by atoms with Crippen molar-refractivity contribution in [2.45, 2.75) is 69.7 Å². The summed E-state index contributed by atoms with van der Waals surface area (Å²) in [6, 6.07) is 16.7. The van der Waals surface area contributed by atoms with E-state index in [0.717, 1.165) is 67.6 Å². The number of nitrogens with one attached hydrogen (secondary N) is 3. The van der Waals surface area contributed by atoms with Gasteiger partial charge in [0.2, 0.25) is 0 Å². The number of carbonyl (C=O) groups excluding carboxylic acids is 1. The quantitative estimate of drug-likeness (QED) is 0.285. The second-order valence-electron chi connectivity index (χ2n) is 13.0. The first-order chi connectivity index (χ1) is 22.0. The van der Waals surface area contributed by atoms with Crippen molar-refractivity contribution in [2.75, 3.05) is 49.6 Å². The fourth-order valence-corrected chi connectivity index (χ4v) is 7.51. The average Bonchev–Trinajstić information content (AvgIpc) is 3.80. The topological polar surface area (TPSA) is 68.9 Å². The van der Waals surface area contributed by atoms with Gasteiger partial charge in [0.25, 0.3) is 5.91 Å². The Balaban J connectivity index is 1.10. The van der Waals surface area contributed by atoms with Gasteiger partial charge in [0.15, 0.2) is 0 Å². The van der Waals surface area contributed by atoms with E-state index in [1.165, 1.54) is 56.6 Å². The molecule has 4 aliphatic heterocycles. The molecule has 238 valence electrons. The maximum atomic E-state index is 13.9. The maximum absolute atomic E-state index is 13.9. The molecule has 3 fully saturated rings. The van der Waals surface area contributed by atoms with Crippen LogP contribution in [0.2, 0.25) is 0 Å². The highest BCUT2D eigenvalue weighted by Crippen LogP contribution is 2.33. The molecular formula is C36H43F2N5O2. The van der Waals surface area contributed by atoms with E-state index in [4.69, 9.17) is 4.74 Å². The van der Waals surface area contributed by atoms with E-state index in [0.29, 0.717) is 30.1 Å². The number of amides is 1. The van der Waals surface area contributed by atoms with Gasteiger partial charge in [-0.2, -0.15) is 0 Å². The van der Waals surface area contributed by atoms with Gasteiger partial charge in [-0.15, -0.1) is 0 Å². The summed E-state index contributed by atoms with van der Waals surface area (Å²) in [6.45, 7) is 6.61. The van der Waals surface area contributed by atoms with Gasteiger partial charge in [0.1, 0.15) is 17.8 Å². The first-order valence-electron chi connectivity index (χ1n) is 16.6. The minimum Gasteiger partial charge on any atom is -0.381 e. The SMILES string of the molecule is O=C(NC1NCc2ccc(Cc3cc(F)cc(F)c3)cc21)c1ccc(N2CCC[C@H]2CN2CCCC2)cc1NC1CCOCC1. The van der Waals surface area contributed by atoms with Crippen molar-refractivity contribution < 1.29 is 18.3 Å². The Hall–Kier alpha value is -3.53. The lowest BCUT2D eigenvalue weighted by Crippen LogP contribution is -2.39. The lowest BCUT2D eigenvalue weighted by Gasteiger charge is -2.31. The number of likely N-dealkylation sites (tertiary alicyclic amines) is 1. The molecule has 9 heteroatoms. The number of benzene rings is 3. The standard InChI is InChI=1S/C36H43F2N5O2/c37-27-17-25(18-28(38)20-27)16-24-5-6-26-22-39-35(33(26)19-24)41-36(44)32-8-7-30(21-34(32)40-29-9-14-45-15-10-29)43-13-3-4-31(43)23-42-11-1-2-12-42/h5-8,17-21,29,31,35,39-40H,1-4,9-16,22-23H2,(H,41,44)/t31-,35?/m0/s1. The molecule has 3 aromatic carbocycles. The summed E-state index contributed by atoms with van der Waals surface area (Å²) in [5.41, 5.74) is 6.25. The van der Waals surface area contributed by atoms with E-state index in [1.807, 2.05) is 24.3 Å². The zero-order valence-corrected chi connectivity index (χ0v) is 25.8. The third-order valence-corrected chi connectivity index (χ3v) is 9.83. The van der Waals surface area contributed by atoms with Crippen molar-refractivity contribution in [2.24, 2.45) is 0 Å².